The number of rotatable bonds is 9. The van der Waals surface area contributed by atoms with Crippen molar-refractivity contribution in [3.05, 3.63) is 59.7 Å². The van der Waals surface area contributed by atoms with Crippen molar-refractivity contribution in [1.29, 1.82) is 0 Å². The molecular weight excluding hydrogens is 404 g/mol. The lowest BCUT2D eigenvalue weighted by Gasteiger charge is -2.27. The molecule has 0 bridgehead atoms. The zero-order chi connectivity index (χ0) is 22.4. The summed E-state index contributed by atoms with van der Waals surface area (Å²) in [4.78, 5) is 27.3. The van der Waals surface area contributed by atoms with Crippen LogP contribution in [-0.4, -0.2) is 17.6 Å². The van der Waals surface area contributed by atoms with Crippen LogP contribution in [0.25, 0.3) is 0 Å². The molecule has 31 heavy (non-hydrogen) atoms. The van der Waals surface area contributed by atoms with E-state index in [9.17, 15) is 9.59 Å². The molecule has 0 radical (unpaired) electrons. The number of carbonyl (C=O) groups excluding carboxylic acids is 2. The minimum absolute atomic E-state index is 0.0508. The normalized spacial score (nSPS) is 17.3. The van der Waals surface area contributed by atoms with Crippen molar-refractivity contribution >= 4 is 35.0 Å². The van der Waals surface area contributed by atoms with Crippen LogP contribution in [-0.2, 0) is 9.59 Å². The number of nitrogens with zero attached hydrogens (tertiary/aromatic N) is 1. The Morgan fingerprint density at radius 2 is 1.84 bits per heavy atom. The number of hydrogen-bond donors (Lipinski definition) is 1. The third-order valence-electron chi connectivity index (χ3n) is 5.92. The first-order valence-electron chi connectivity index (χ1n) is 11.4. The highest BCUT2D eigenvalue weighted by molar-refractivity contribution is 8.00. The Hall–Kier alpha value is -2.27. The number of para-hydroxylation sites is 1. The zero-order valence-electron chi connectivity index (χ0n) is 19.1. The first-order chi connectivity index (χ1) is 15.0. The Labute approximate surface area is 190 Å². The molecule has 0 saturated carbocycles. The summed E-state index contributed by atoms with van der Waals surface area (Å²) in [7, 11) is 0. The molecule has 0 unspecified atom stereocenters. The van der Waals surface area contributed by atoms with Crippen LogP contribution in [0.3, 0.4) is 0 Å². The second kappa shape index (κ2) is 10.9. The number of hydrogen-bond acceptors (Lipinski definition) is 3. The van der Waals surface area contributed by atoms with Gasteiger partial charge in [-0.15, -0.1) is 11.8 Å². The zero-order valence-corrected chi connectivity index (χ0v) is 19.9. The van der Waals surface area contributed by atoms with E-state index in [1.807, 2.05) is 47.4 Å². The average molecular weight is 439 g/mol. The van der Waals surface area contributed by atoms with Crippen molar-refractivity contribution in [2.75, 3.05) is 16.0 Å². The van der Waals surface area contributed by atoms with Crippen LogP contribution in [0.2, 0.25) is 0 Å². The summed E-state index contributed by atoms with van der Waals surface area (Å²) in [6.07, 6.45) is 3.97. The van der Waals surface area contributed by atoms with E-state index in [1.165, 1.54) is 5.56 Å². The van der Waals surface area contributed by atoms with E-state index < -0.39 is 0 Å². The summed E-state index contributed by atoms with van der Waals surface area (Å²) in [6, 6.07) is 16.1. The summed E-state index contributed by atoms with van der Waals surface area (Å²) in [5.41, 5.74) is 4.07. The van der Waals surface area contributed by atoms with Gasteiger partial charge < -0.3 is 5.32 Å². The molecule has 3 rings (SSSR count). The van der Waals surface area contributed by atoms with Crippen LogP contribution in [0, 0.1) is 5.92 Å². The van der Waals surface area contributed by atoms with Gasteiger partial charge in [-0.3, -0.25) is 14.5 Å². The Bertz CT molecular complexity index is 895. The van der Waals surface area contributed by atoms with Gasteiger partial charge in [0.1, 0.15) is 5.37 Å². The highest BCUT2D eigenvalue weighted by atomic mass is 32.2. The largest absolute Gasteiger partial charge is 0.326 e. The van der Waals surface area contributed by atoms with Crippen molar-refractivity contribution in [3.63, 3.8) is 0 Å². The van der Waals surface area contributed by atoms with Crippen LogP contribution in [0.4, 0.5) is 11.4 Å². The van der Waals surface area contributed by atoms with Gasteiger partial charge in [0.15, 0.2) is 0 Å². The highest BCUT2D eigenvalue weighted by Gasteiger charge is 2.35. The van der Waals surface area contributed by atoms with Crippen LogP contribution >= 0.6 is 11.8 Å². The summed E-state index contributed by atoms with van der Waals surface area (Å²) < 4.78 is 0. The van der Waals surface area contributed by atoms with Gasteiger partial charge in [-0.2, -0.15) is 0 Å². The quantitative estimate of drug-likeness (QED) is 0.471. The van der Waals surface area contributed by atoms with Gasteiger partial charge in [0.25, 0.3) is 0 Å². The predicted octanol–water partition coefficient (Wildman–Crippen LogP) is 6.74. The third kappa shape index (κ3) is 5.51. The van der Waals surface area contributed by atoms with Crippen molar-refractivity contribution in [1.82, 2.24) is 0 Å². The van der Waals surface area contributed by atoms with Crippen LogP contribution in [0.1, 0.15) is 75.8 Å². The van der Waals surface area contributed by atoms with E-state index in [0.29, 0.717) is 11.7 Å². The molecule has 2 atom stereocenters. The molecule has 0 aliphatic carbocycles. The van der Waals surface area contributed by atoms with E-state index in [-0.39, 0.29) is 23.1 Å². The topological polar surface area (TPSA) is 49.4 Å². The fourth-order valence-electron chi connectivity index (χ4n) is 4.07. The number of carbonyl (C=O) groups is 2. The summed E-state index contributed by atoms with van der Waals surface area (Å²) in [6.45, 7) is 8.53. The minimum Gasteiger partial charge on any atom is -0.326 e. The molecule has 1 fully saturated rings. The molecule has 0 aromatic heterocycles. The molecular formula is C26H34N2O2S. The minimum atomic E-state index is -0.0508. The second-order valence-corrected chi connectivity index (χ2v) is 9.57. The first-order valence-corrected chi connectivity index (χ1v) is 12.4. The molecule has 0 spiro atoms. The van der Waals surface area contributed by atoms with Gasteiger partial charge in [0.2, 0.25) is 11.8 Å². The average Bonchev–Trinajstić information content (AvgIpc) is 3.16. The van der Waals surface area contributed by atoms with E-state index >= 15 is 0 Å². The number of benzene rings is 2. The molecule has 1 aliphatic rings. The van der Waals surface area contributed by atoms with Crippen molar-refractivity contribution in [2.24, 2.45) is 5.92 Å². The maximum atomic E-state index is 12.8. The summed E-state index contributed by atoms with van der Waals surface area (Å²) in [5.74, 6) is 1.12. The number of thioether (sulfide) groups is 1. The van der Waals surface area contributed by atoms with Gasteiger partial charge in [-0.25, -0.2) is 0 Å². The van der Waals surface area contributed by atoms with Gasteiger partial charge in [0.05, 0.1) is 5.75 Å². The molecule has 166 valence electrons. The molecule has 5 heteroatoms. The molecule has 1 saturated heterocycles. The van der Waals surface area contributed by atoms with Crippen LogP contribution in [0.15, 0.2) is 48.5 Å². The van der Waals surface area contributed by atoms with Crippen molar-refractivity contribution in [2.45, 2.75) is 64.7 Å². The lowest BCUT2D eigenvalue weighted by Crippen LogP contribution is -2.29. The van der Waals surface area contributed by atoms with E-state index in [2.05, 4.69) is 39.1 Å². The molecule has 2 aromatic carbocycles. The van der Waals surface area contributed by atoms with Gasteiger partial charge in [-0.05, 0) is 48.1 Å². The predicted molar refractivity (Wildman–Crippen MR) is 132 cm³/mol. The Kier molecular flexibility index (Phi) is 8.19. The second-order valence-electron chi connectivity index (χ2n) is 8.50. The molecule has 1 aliphatic heterocycles. The molecule has 1 N–H and O–H groups in total. The fourth-order valence-corrected chi connectivity index (χ4v) is 5.24. The Balaban J connectivity index is 1.77. The monoisotopic (exact) mass is 438 g/mol. The van der Waals surface area contributed by atoms with Crippen LogP contribution in [0.5, 0.6) is 0 Å². The molecule has 4 nitrogen and oxygen atoms in total. The summed E-state index contributed by atoms with van der Waals surface area (Å²) in [5, 5.41) is 3.02. The SMILES string of the molecule is CCCC[C@H](CC)C(=O)Nc1ccc([C@@H]2SCC(=O)N2c2ccccc2C(C)C)cc1. The number of amides is 2. The first kappa shape index (κ1) is 23.4. The van der Waals surface area contributed by atoms with Crippen molar-refractivity contribution < 1.29 is 9.59 Å². The van der Waals surface area contributed by atoms with Gasteiger partial charge >= 0.3 is 0 Å². The fraction of sp³-hybridized carbons (Fsp3) is 0.462. The Morgan fingerprint density at radius 3 is 2.48 bits per heavy atom. The summed E-state index contributed by atoms with van der Waals surface area (Å²) >= 11 is 1.65. The maximum Gasteiger partial charge on any atom is 0.238 e. The standard InChI is InChI=1S/C26H34N2O2S/c1-5-7-10-19(6-2)25(30)27-21-15-13-20(14-16-21)26-28(24(29)17-31-26)23-12-9-8-11-22(23)18(3)4/h8-9,11-16,18-19,26H,5-7,10,17H2,1-4H3,(H,27,30)/t19-,26-/m0/s1. The lowest BCUT2D eigenvalue weighted by atomic mass is 9.98. The van der Waals surface area contributed by atoms with Gasteiger partial charge in [-0.1, -0.05) is 70.9 Å². The molecule has 2 aromatic rings. The maximum absolute atomic E-state index is 12.8. The van der Waals surface area contributed by atoms with E-state index in [4.69, 9.17) is 0 Å². The van der Waals surface area contributed by atoms with Gasteiger partial charge in [0, 0.05) is 17.3 Å². The Morgan fingerprint density at radius 1 is 1.13 bits per heavy atom. The van der Waals surface area contributed by atoms with E-state index in [0.717, 1.165) is 42.6 Å². The number of nitrogens with one attached hydrogen (secondary N) is 1. The van der Waals surface area contributed by atoms with Crippen molar-refractivity contribution in [3.8, 4) is 0 Å². The molecule has 2 amide bonds. The highest BCUT2D eigenvalue weighted by Crippen LogP contribution is 2.44. The third-order valence-corrected chi connectivity index (χ3v) is 7.13. The van der Waals surface area contributed by atoms with Crippen LogP contribution < -0.4 is 10.2 Å². The number of anilines is 2. The molecule has 1 heterocycles. The smallest absolute Gasteiger partial charge is 0.238 e. The van der Waals surface area contributed by atoms with E-state index in [1.54, 1.807) is 11.8 Å². The lowest BCUT2D eigenvalue weighted by molar-refractivity contribution is -0.120. The number of unbranched alkanes of at least 4 members (excludes halogenated alkanes) is 1.